The molecule has 0 spiro atoms. The Morgan fingerprint density at radius 2 is 1.94 bits per heavy atom. The topological polar surface area (TPSA) is 38.8 Å². The van der Waals surface area contributed by atoms with Crippen molar-refractivity contribution in [3.8, 4) is 0 Å². The molecule has 0 aromatic rings. The quantitative estimate of drug-likeness (QED) is 0.565. The Bertz CT molecular complexity index is 275. The maximum absolute atomic E-state index is 11.9. The molecule has 4 nitrogen and oxygen atoms in total. The number of hydrogen-bond donors (Lipinski definition) is 0. The van der Waals surface area contributed by atoms with E-state index in [9.17, 15) is 4.79 Å². The lowest BCUT2D eigenvalue weighted by Gasteiger charge is -2.24. The van der Waals surface area contributed by atoms with Gasteiger partial charge < -0.3 is 14.4 Å². The van der Waals surface area contributed by atoms with Crippen LogP contribution in [0.15, 0.2) is 0 Å². The molecule has 2 atom stereocenters. The molecule has 0 bridgehead atoms. The van der Waals surface area contributed by atoms with E-state index >= 15 is 0 Å². The zero-order valence-electron chi connectivity index (χ0n) is 11.2. The van der Waals surface area contributed by atoms with Crippen molar-refractivity contribution in [3.05, 3.63) is 0 Å². The molecule has 1 fully saturated rings. The lowest BCUT2D eigenvalue weighted by atomic mass is 10.2. The van der Waals surface area contributed by atoms with E-state index in [-0.39, 0.29) is 18.3 Å². The molecule has 1 aliphatic rings. The fourth-order valence-corrected chi connectivity index (χ4v) is 2.56. The van der Waals surface area contributed by atoms with Crippen LogP contribution in [0.5, 0.6) is 0 Å². The number of ether oxygens (including phenoxy) is 2. The van der Waals surface area contributed by atoms with Gasteiger partial charge in [0.05, 0.1) is 22.7 Å². The third-order valence-electron chi connectivity index (χ3n) is 2.30. The lowest BCUT2D eigenvalue weighted by Crippen LogP contribution is -2.36. The normalized spacial score (nSPS) is 25.5. The Hall–Kier alpha value is -0.0400. The largest absolute Gasteiger partial charge is 0.444 e. The third kappa shape index (κ3) is 4.99. The van der Waals surface area contributed by atoms with E-state index in [2.05, 4.69) is 22.6 Å². The Labute approximate surface area is 117 Å². The Kier molecular flexibility index (Phi) is 5.07. The molecule has 17 heavy (non-hydrogen) atoms. The van der Waals surface area contributed by atoms with Crippen LogP contribution in [0, 0.1) is 0 Å². The average Bonchev–Trinajstić information content (AvgIpc) is 2.44. The number of nitrogens with zero attached hydrogens (tertiary/aromatic N) is 1. The number of amides is 1. The molecule has 2 unspecified atom stereocenters. The predicted molar refractivity (Wildman–Crippen MR) is 75.6 cm³/mol. The Balaban J connectivity index is 2.51. The van der Waals surface area contributed by atoms with Gasteiger partial charge in [-0.3, -0.25) is 0 Å². The molecule has 0 aromatic carbocycles. The molecule has 1 aliphatic heterocycles. The fourth-order valence-electron chi connectivity index (χ4n) is 1.69. The summed E-state index contributed by atoms with van der Waals surface area (Å²) in [4.78, 5) is 13.6. The molecule has 1 saturated heterocycles. The highest BCUT2D eigenvalue weighted by Crippen LogP contribution is 2.23. The summed E-state index contributed by atoms with van der Waals surface area (Å²) in [5, 5.41) is 0. The standard InChI is InChI=1S/C12H22INO3/c1-8(2)16-10-7-14(6-9(10)13)11(15)17-12(3,4)5/h8-10H,6-7H2,1-5H3. The summed E-state index contributed by atoms with van der Waals surface area (Å²) >= 11 is 2.34. The van der Waals surface area contributed by atoms with Gasteiger partial charge >= 0.3 is 6.09 Å². The van der Waals surface area contributed by atoms with Gasteiger partial charge in [0.2, 0.25) is 0 Å². The van der Waals surface area contributed by atoms with E-state index in [0.717, 1.165) is 0 Å². The number of alkyl halides is 1. The van der Waals surface area contributed by atoms with Gasteiger partial charge in [0.1, 0.15) is 5.60 Å². The maximum Gasteiger partial charge on any atom is 0.410 e. The highest BCUT2D eigenvalue weighted by Gasteiger charge is 2.36. The zero-order valence-corrected chi connectivity index (χ0v) is 13.4. The summed E-state index contributed by atoms with van der Waals surface area (Å²) in [5.41, 5.74) is -0.436. The van der Waals surface area contributed by atoms with Gasteiger partial charge in [0.25, 0.3) is 0 Å². The van der Waals surface area contributed by atoms with E-state index in [4.69, 9.17) is 9.47 Å². The molecular weight excluding hydrogens is 333 g/mol. The third-order valence-corrected chi connectivity index (χ3v) is 3.49. The second-order valence-electron chi connectivity index (χ2n) is 5.62. The van der Waals surface area contributed by atoms with Crippen LogP contribution in [-0.2, 0) is 9.47 Å². The highest BCUT2D eigenvalue weighted by atomic mass is 127. The monoisotopic (exact) mass is 355 g/mol. The van der Waals surface area contributed by atoms with Crippen LogP contribution < -0.4 is 0 Å². The second-order valence-corrected chi connectivity index (χ2v) is 7.22. The number of carbonyl (C=O) groups is 1. The Morgan fingerprint density at radius 1 is 1.35 bits per heavy atom. The predicted octanol–water partition coefficient (Wildman–Crippen LogP) is 2.83. The van der Waals surface area contributed by atoms with Crippen LogP contribution in [0.2, 0.25) is 0 Å². The van der Waals surface area contributed by atoms with E-state index in [0.29, 0.717) is 17.0 Å². The van der Waals surface area contributed by atoms with Crippen LogP contribution in [0.25, 0.3) is 0 Å². The number of rotatable bonds is 2. The number of likely N-dealkylation sites (tertiary alicyclic amines) is 1. The minimum atomic E-state index is -0.436. The molecule has 5 heteroatoms. The molecular formula is C12H22INO3. The maximum atomic E-state index is 11.9. The average molecular weight is 355 g/mol. The molecule has 0 saturated carbocycles. The van der Waals surface area contributed by atoms with E-state index in [1.807, 2.05) is 34.6 Å². The van der Waals surface area contributed by atoms with Crippen LogP contribution in [0.3, 0.4) is 0 Å². The highest BCUT2D eigenvalue weighted by molar-refractivity contribution is 14.1. The van der Waals surface area contributed by atoms with E-state index in [1.54, 1.807) is 4.90 Å². The number of carbonyl (C=O) groups excluding carboxylic acids is 1. The van der Waals surface area contributed by atoms with E-state index in [1.165, 1.54) is 0 Å². The fraction of sp³-hybridized carbons (Fsp3) is 0.917. The van der Waals surface area contributed by atoms with Gasteiger partial charge in [-0.25, -0.2) is 4.79 Å². The van der Waals surface area contributed by atoms with Crippen molar-refractivity contribution in [2.45, 2.75) is 56.4 Å². The van der Waals surface area contributed by atoms with Gasteiger partial charge in [-0.05, 0) is 34.6 Å². The first-order chi connectivity index (χ1) is 7.69. The minimum Gasteiger partial charge on any atom is -0.444 e. The molecule has 100 valence electrons. The van der Waals surface area contributed by atoms with Crippen LogP contribution >= 0.6 is 22.6 Å². The summed E-state index contributed by atoms with van der Waals surface area (Å²) in [6.45, 7) is 11.0. The summed E-state index contributed by atoms with van der Waals surface area (Å²) in [6, 6.07) is 0. The van der Waals surface area contributed by atoms with Crippen LogP contribution in [0.1, 0.15) is 34.6 Å². The van der Waals surface area contributed by atoms with Gasteiger partial charge in [-0.1, -0.05) is 22.6 Å². The van der Waals surface area contributed by atoms with Crippen molar-refractivity contribution in [1.82, 2.24) is 4.90 Å². The van der Waals surface area contributed by atoms with Gasteiger partial charge in [-0.15, -0.1) is 0 Å². The summed E-state index contributed by atoms with van der Waals surface area (Å²) in [6.07, 6.45) is 0.0630. The molecule has 1 rings (SSSR count). The number of hydrogen-bond acceptors (Lipinski definition) is 3. The molecule has 0 aromatic heterocycles. The Morgan fingerprint density at radius 3 is 2.41 bits per heavy atom. The molecule has 0 radical (unpaired) electrons. The van der Waals surface area contributed by atoms with Gasteiger partial charge in [0, 0.05) is 6.54 Å². The smallest absolute Gasteiger partial charge is 0.410 e. The zero-order chi connectivity index (χ0) is 13.2. The van der Waals surface area contributed by atoms with Crippen LogP contribution in [0.4, 0.5) is 4.79 Å². The van der Waals surface area contributed by atoms with Gasteiger partial charge in [-0.2, -0.15) is 0 Å². The van der Waals surface area contributed by atoms with Gasteiger partial charge in [0.15, 0.2) is 0 Å². The molecule has 0 N–H and O–H groups in total. The van der Waals surface area contributed by atoms with Crippen LogP contribution in [-0.4, -0.2) is 45.8 Å². The second kappa shape index (κ2) is 5.73. The first-order valence-corrected chi connectivity index (χ1v) is 7.21. The summed E-state index contributed by atoms with van der Waals surface area (Å²) < 4.78 is 11.5. The SMILES string of the molecule is CC(C)OC1CN(C(=O)OC(C)(C)C)CC1I. The van der Waals surface area contributed by atoms with Crippen molar-refractivity contribution < 1.29 is 14.3 Å². The molecule has 0 aliphatic carbocycles. The minimum absolute atomic E-state index is 0.114. The van der Waals surface area contributed by atoms with Crippen molar-refractivity contribution >= 4 is 28.7 Å². The van der Waals surface area contributed by atoms with Crippen molar-refractivity contribution in [1.29, 1.82) is 0 Å². The van der Waals surface area contributed by atoms with Crippen molar-refractivity contribution in [3.63, 3.8) is 0 Å². The summed E-state index contributed by atoms with van der Waals surface area (Å²) in [5.74, 6) is 0. The lowest BCUT2D eigenvalue weighted by molar-refractivity contribution is 0.00619. The summed E-state index contributed by atoms with van der Waals surface area (Å²) in [7, 11) is 0. The molecule has 1 heterocycles. The van der Waals surface area contributed by atoms with Crippen molar-refractivity contribution in [2.75, 3.05) is 13.1 Å². The molecule has 1 amide bonds. The van der Waals surface area contributed by atoms with Crippen molar-refractivity contribution in [2.24, 2.45) is 0 Å². The first-order valence-electron chi connectivity index (χ1n) is 5.96. The van der Waals surface area contributed by atoms with E-state index < -0.39 is 5.60 Å². The number of halogens is 1. The first kappa shape index (κ1) is 15.0.